The van der Waals surface area contributed by atoms with Gasteiger partial charge in [0.05, 0.1) is 12.6 Å². The Hall–Kier alpha value is -2.86. The van der Waals surface area contributed by atoms with Crippen LogP contribution >= 0.6 is 0 Å². The Labute approximate surface area is 180 Å². The zero-order valence-electron chi connectivity index (χ0n) is 18.8. The van der Waals surface area contributed by atoms with Crippen molar-refractivity contribution in [3.05, 3.63) is 60.2 Å². The summed E-state index contributed by atoms with van der Waals surface area (Å²) >= 11 is 0. The van der Waals surface area contributed by atoms with Gasteiger partial charge in [-0.25, -0.2) is 0 Å². The van der Waals surface area contributed by atoms with Gasteiger partial charge in [0.15, 0.2) is 0 Å². The van der Waals surface area contributed by atoms with Crippen LogP contribution in [-0.2, 0) is 16.0 Å². The zero-order chi connectivity index (χ0) is 22.1. The molecule has 6 nitrogen and oxygen atoms in total. The maximum absolute atomic E-state index is 12.8. The number of hydrogen-bond donors (Lipinski definition) is 1. The van der Waals surface area contributed by atoms with Gasteiger partial charge >= 0.3 is 0 Å². The minimum absolute atomic E-state index is 0.0268. The molecule has 0 fully saturated rings. The quantitative estimate of drug-likeness (QED) is 0.654. The lowest BCUT2D eigenvalue weighted by molar-refractivity contribution is -0.137. The molecular weight excluding hydrogens is 376 g/mol. The third kappa shape index (κ3) is 6.59. The smallest absolute Gasteiger partial charge is 0.243 e. The van der Waals surface area contributed by atoms with Crippen molar-refractivity contribution >= 4 is 23.2 Å². The average molecular weight is 411 g/mol. The van der Waals surface area contributed by atoms with E-state index in [2.05, 4.69) is 22.3 Å². The summed E-state index contributed by atoms with van der Waals surface area (Å²) in [7, 11) is 5.65. The van der Waals surface area contributed by atoms with Gasteiger partial charge in [0, 0.05) is 38.6 Å². The zero-order valence-corrected chi connectivity index (χ0v) is 18.8. The topological polar surface area (TPSA) is 55.9 Å². The number of carbonyl (C=O) groups excluding carboxylic acids is 2. The molecule has 1 atom stereocenters. The summed E-state index contributed by atoms with van der Waals surface area (Å²) in [6.07, 6.45) is 0.838. The van der Waals surface area contributed by atoms with E-state index in [0.29, 0.717) is 0 Å². The highest BCUT2D eigenvalue weighted by Crippen LogP contribution is 2.15. The van der Waals surface area contributed by atoms with E-state index in [4.69, 9.17) is 0 Å². The number of nitrogens with zero attached hydrogens (tertiary/aromatic N) is 3. The van der Waals surface area contributed by atoms with Crippen LogP contribution in [0.3, 0.4) is 0 Å². The lowest BCUT2D eigenvalue weighted by atomic mass is 10.1. The van der Waals surface area contributed by atoms with Crippen LogP contribution in [0.4, 0.5) is 11.4 Å². The molecule has 0 saturated heterocycles. The van der Waals surface area contributed by atoms with Crippen LogP contribution in [0.1, 0.15) is 19.4 Å². The maximum atomic E-state index is 12.8. The summed E-state index contributed by atoms with van der Waals surface area (Å²) in [5, 5.41) is 2.92. The monoisotopic (exact) mass is 410 g/mol. The second-order valence-corrected chi connectivity index (χ2v) is 7.67. The molecule has 30 heavy (non-hydrogen) atoms. The third-order valence-corrected chi connectivity index (χ3v) is 5.43. The molecule has 0 radical (unpaired) electrons. The minimum Gasteiger partial charge on any atom is -0.373 e. The van der Waals surface area contributed by atoms with Crippen LogP contribution in [0.2, 0.25) is 0 Å². The number of anilines is 2. The largest absolute Gasteiger partial charge is 0.373 e. The average Bonchev–Trinajstić information content (AvgIpc) is 2.76. The number of nitrogens with one attached hydrogen (secondary N) is 1. The van der Waals surface area contributed by atoms with Gasteiger partial charge in [-0.2, -0.15) is 0 Å². The van der Waals surface area contributed by atoms with E-state index < -0.39 is 0 Å². The fourth-order valence-corrected chi connectivity index (χ4v) is 3.25. The second-order valence-electron chi connectivity index (χ2n) is 7.67. The Kier molecular flexibility index (Phi) is 8.87. The number of likely N-dealkylation sites (N-methyl/N-ethyl adjacent to an activating group) is 3. The van der Waals surface area contributed by atoms with Gasteiger partial charge in [-0.05, 0) is 44.2 Å². The number of amides is 2. The fourth-order valence-electron chi connectivity index (χ4n) is 3.25. The molecule has 162 valence electrons. The SMILES string of the molecule is CCc1ccccc1NC(=O)CN(C)C(=O)C(C)N(C)CCN(C)c1ccccc1. The van der Waals surface area contributed by atoms with E-state index in [-0.39, 0.29) is 24.4 Å². The summed E-state index contributed by atoms with van der Waals surface area (Å²) in [5.41, 5.74) is 3.03. The first kappa shape index (κ1) is 23.4. The highest BCUT2D eigenvalue weighted by Gasteiger charge is 2.23. The van der Waals surface area contributed by atoms with Crippen LogP contribution in [0.5, 0.6) is 0 Å². The predicted molar refractivity (Wildman–Crippen MR) is 124 cm³/mol. The van der Waals surface area contributed by atoms with E-state index >= 15 is 0 Å². The Morgan fingerprint density at radius 3 is 2.23 bits per heavy atom. The molecule has 2 aromatic rings. The molecule has 6 heteroatoms. The number of benzene rings is 2. The molecule has 0 spiro atoms. The Morgan fingerprint density at radius 2 is 1.57 bits per heavy atom. The Bertz CT molecular complexity index is 825. The van der Waals surface area contributed by atoms with Gasteiger partial charge in [0.1, 0.15) is 0 Å². The highest BCUT2D eigenvalue weighted by molar-refractivity contribution is 5.95. The van der Waals surface area contributed by atoms with Crippen LogP contribution in [0.15, 0.2) is 54.6 Å². The van der Waals surface area contributed by atoms with Gasteiger partial charge in [0.25, 0.3) is 0 Å². The first-order valence-electron chi connectivity index (χ1n) is 10.4. The normalized spacial score (nSPS) is 11.8. The van der Waals surface area contributed by atoms with Crippen molar-refractivity contribution < 1.29 is 9.59 Å². The van der Waals surface area contributed by atoms with Gasteiger partial charge in [-0.3, -0.25) is 14.5 Å². The van der Waals surface area contributed by atoms with Crippen molar-refractivity contribution in [1.82, 2.24) is 9.80 Å². The molecule has 0 bridgehead atoms. The third-order valence-electron chi connectivity index (χ3n) is 5.43. The van der Waals surface area contributed by atoms with Crippen molar-refractivity contribution in [3.63, 3.8) is 0 Å². The standard InChI is InChI=1S/C24H34N4O2/c1-6-20-12-10-11-15-22(20)25-23(29)18-28(5)24(30)19(2)26(3)16-17-27(4)21-13-8-7-9-14-21/h7-15,19H,6,16-18H2,1-5H3,(H,25,29). The molecule has 0 heterocycles. The van der Waals surface area contributed by atoms with Gasteiger partial charge in [-0.15, -0.1) is 0 Å². The van der Waals surface area contributed by atoms with Crippen molar-refractivity contribution in [2.45, 2.75) is 26.3 Å². The highest BCUT2D eigenvalue weighted by atomic mass is 16.2. The van der Waals surface area contributed by atoms with Crippen molar-refractivity contribution in [2.24, 2.45) is 0 Å². The van der Waals surface area contributed by atoms with E-state index in [0.717, 1.165) is 36.4 Å². The summed E-state index contributed by atoms with van der Waals surface area (Å²) < 4.78 is 0. The fraction of sp³-hybridized carbons (Fsp3) is 0.417. The van der Waals surface area contributed by atoms with Gasteiger partial charge in [0.2, 0.25) is 11.8 Å². The van der Waals surface area contributed by atoms with Crippen molar-refractivity contribution in [3.8, 4) is 0 Å². The first-order valence-corrected chi connectivity index (χ1v) is 10.4. The molecule has 0 aromatic heterocycles. The van der Waals surface area contributed by atoms with Crippen molar-refractivity contribution in [1.29, 1.82) is 0 Å². The second kappa shape index (κ2) is 11.4. The lowest BCUT2D eigenvalue weighted by Crippen LogP contribution is -2.48. The number of hydrogen-bond acceptors (Lipinski definition) is 4. The summed E-state index contributed by atoms with van der Waals surface area (Å²) in [4.78, 5) is 30.9. The van der Waals surface area contributed by atoms with Crippen LogP contribution in [0, 0.1) is 0 Å². The molecule has 0 saturated carbocycles. The van der Waals surface area contributed by atoms with Crippen molar-refractivity contribution in [2.75, 3.05) is 51.0 Å². The molecule has 2 rings (SSSR count). The lowest BCUT2D eigenvalue weighted by Gasteiger charge is -2.30. The van der Waals surface area contributed by atoms with Gasteiger partial charge < -0.3 is 15.1 Å². The van der Waals surface area contributed by atoms with E-state index in [1.54, 1.807) is 7.05 Å². The molecule has 0 aliphatic heterocycles. The summed E-state index contributed by atoms with van der Waals surface area (Å²) in [6, 6.07) is 17.6. The number of aryl methyl sites for hydroxylation is 1. The maximum Gasteiger partial charge on any atom is 0.243 e. The predicted octanol–water partition coefficient (Wildman–Crippen LogP) is 3.10. The Morgan fingerprint density at radius 1 is 0.933 bits per heavy atom. The summed E-state index contributed by atoms with van der Waals surface area (Å²) in [5.74, 6) is -0.260. The van der Waals surface area contributed by atoms with Gasteiger partial charge in [-0.1, -0.05) is 43.3 Å². The minimum atomic E-state index is -0.310. The Balaban J connectivity index is 1.84. The summed E-state index contributed by atoms with van der Waals surface area (Å²) in [6.45, 7) is 5.50. The van der Waals surface area contributed by atoms with Crippen LogP contribution < -0.4 is 10.2 Å². The number of rotatable bonds is 10. The molecule has 0 aliphatic carbocycles. The van der Waals surface area contributed by atoms with Crippen LogP contribution in [0.25, 0.3) is 0 Å². The molecule has 2 amide bonds. The van der Waals surface area contributed by atoms with E-state index in [9.17, 15) is 9.59 Å². The molecule has 2 aromatic carbocycles. The number of carbonyl (C=O) groups is 2. The number of para-hydroxylation sites is 2. The molecule has 1 unspecified atom stereocenters. The molecular formula is C24H34N4O2. The van der Waals surface area contributed by atoms with E-state index in [1.807, 2.05) is 75.3 Å². The first-order chi connectivity index (χ1) is 14.3. The van der Waals surface area contributed by atoms with E-state index in [1.165, 1.54) is 4.90 Å². The molecule has 1 N–H and O–H groups in total. The molecule has 0 aliphatic rings. The van der Waals surface area contributed by atoms with Crippen LogP contribution in [-0.4, -0.2) is 68.4 Å².